The molecule has 142 valence electrons. The van der Waals surface area contributed by atoms with Gasteiger partial charge in [0.25, 0.3) is 0 Å². The second-order valence-electron chi connectivity index (χ2n) is 7.07. The van der Waals surface area contributed by atoms with E-state index in [2.05, 4.69) is 10.2 Å². The molecular formula is C20H24N4O2S. The minimum atomic E-state index is -3.67. The van der Waals surface area contributed by atoms with Crippen molar-refractivity contribution >= 4 is 10.0 Å². The van der Waals surface area contributed by atoms with Gasteiger partial charge in [0.2, 0.25) is 10.0 Å². The highest BCUT2D eigenvalue weighted by Crippen LogP contribution is 2.32. The van der Waals surface area contributed by atoms with Crippen LogP contribution in [-0.2, 0) is 22.6 Å². The average Bonchev–Trinajstić information content (AvgIpc) is 3.04. The molecule has 0 atom stereocenters. The highest BCUT2D eigenvalue weighted by atomic mass is 32.2. The third-order valence-corrected chi connectivity index (χ3v) is 7.04. The molecular weight excluding hydrogens is 360 g/mol. The molecule has 3 rings (SSSR count). The monoisotopic (exact) mass is 384 g/mol. The maximum atomic E-state index is 13.1. The van der Waals surface area contributed by atoms with Crippen LogP contribution < -0.4 is 0 Å². The molecule has 7 heteroatoms. The van der Waals surface area contributed by atoms with Gasteiger partial charge in [-0.25, -0.2) is 8.42 Å². The second kappa shape index (κ2) is 6.90. The van der Waals surface area contributed by atoms with Crippen molar-refractivity contribution in [2.45, 2.75) is 31.2 Å². The zero-order valence-corrected chi connectivity index (χ0v) is 17.0. The van der Waals surface area contributed by atoms with Crippen LogP contribution in [0.5, 0.6) is 0 Å². The predicted molar refractivity (Wildman–Crippen MR) is 106 cm³/mol. The lowest BCUT2D eigenvalue weighted by Crippen LogP contribution is -2.44. The summed E-state index contributed by atoms with van der Waals surface area (Å²) in [5, 5.41) is 8.68. The van der Waals surface area contributed by atoms with Crippen LogP contribution in [0.25, 0.3) is 11.4 Å². The van der Waals surface area contributed by atoms with Crippen LogP contribution in [0.15, 0.2) is 59.5 Å². The third kappa shape index (κ3) is 3.28. The Labute approximate surface area is 160 Å². The molecule has 0 fully saturated rings. The van der Waals surface area contributed by atoms with Gasteiger partial charge in [-0.05, 0) is 38.5 Å². The van der Waals surface area contributed by atoms with Crippen molar-refractivity contribution < 1.29 is 8.42 Å². The maximum Gasteiger partial charge on any atom is 0.243 e. The van der Waals surface area contributed by atoms with E-state index in [0.29, 0.717) is 11.6 Å². The molecule has 0 aliphatic carbocycles. The molecule has 0 amide bonds. The zero-order chi connectivity index (χ0) is 19.8. The fourth-order valence-corrected chi connectivity index (χ4v) is 4.61. The van der Waals surface area contributed by atoms with E-state index in [0.717, 1.165) is 11.1 Å². The van der Waals surface area contributed by atoms with E-state index in [1.54, 1.807) is 37.4 Å². The van der Waals surface area contributed by atoms with Crippen molar-refractivity contribution in [2.24, 2.45) is 7.05 Å². The van der Waals surface area contributed by atoms with Gasteiger partial charge in [-0.1, -0.05) is 42.5 Å². The van der Waals surface area contributed by atoms with Crippen LogP contribution in [0.3, 0.4) is 0 Å². The van der Waals surface area contributed by atoms with Crippen molar-refractivity contribution in [1.29, 1.82) is 0 Å². The standard InChI is InChI=1S/C20H24N4O2S/c1-15-11-9-10-14-17(15)18-21-22-19(23(18)4)20(2,3)24(5)27(25,26)16-12-7-6-8-13-16/h6-14H,1-5H3. The lowest BCUT2D eigenvalue weighted by atomic mass is 10.0. The summed E-state index contributed by atoms with van der Waals surface area (Å²) in [6.45, 7) is 5.68. The van der Waals surface area contributed by atoms with Crippen molar-refractivity contribution in [2.75, 3.05) is 7.05 Å². The third-order valence-electron chi connectivity index (χ3n) is 5.00. The van der Waals surface area contributed by atoms with E-state index in [-0.39, 0.29) is 4.90 Å². The van der Waals surface area contributed by atoms with E-state index < -0.39 is 15.6 Å². The van der Waals surface area contributed by atoms with Crippen molar-refractivity contribution in [3.05, 3.63) is 66.0 Å². The molecule has 0 aliphatic heterocycles. The van der Waals surface area contributed by atoms with Gasteiger partial charge in [-0.2, -0.15) is 4.31 Å². The van der Waals surface area contributed by atoms with Gasteiger partial charge in [0.05, 0.1) is 10.4 Å². The lowest BCUT2D eigenvalue weighted by molar-refractivity contribution is 0.249. The van der Waals surface area contributed by atoms with Crippen LogP contribution in [0.2, 0.25) is 0 Å². The summed E-state index contributed by atoms with van der Waals surface area (Å²) in [6, 6.07) is 16.3. The minimum Gasteiger partial charge on any atom is -0.313 e. The summed E-state index contributed by atoms with van der Waals surface area (Å²) in [7, 11) is -0.236. The summed E-state index contributed by atoms with van der Waals surface area (Å²) in [4.78, 5) is 0.252. The summed E-state index contributed by atoms with van der Waals surface area (Å²) in [5.74, 6) is 1.28. The molecule has 27 heavy (non-hydrogen) atoms. The van der Waals surface area contributed by atoms with Gasteiger partial charge in [-0.3, -0.25) is 0 Å². The Balaban J connectivity index is 2.05. The fourth-order valence-electron chi connectivity index (χ4n) is 3.11. The Hall–Kier alpha value is -2.51. The smallest absolute Gasteiger partial charge is 0.243 e. The first-order chi connectivity index (χ1) is 12.7. The molecule has 0 unspecified atom stereocenters. The number of aryl methyl sites for hydroxylation is 1. The van der Waals surface area contributed by atoms with Crippen molar-refractivity contribution in [3.63, 3.8) is 0 Å². The Morgan fingerprint density at radius 1 is 0.963 bits per heavy atom. The molecule has 1 aromatic heterocycles. The number of rotatable bonds is 5. The van der Waals surface area contributed by atoms with E-state index in [1.165, 1.54) is 4.31 Å². The minimum absolute atomic E-state index is 0.252. The number of hydrogen-bond donors (Lipinski definition) is 0. The molecule has 2 aromatic carbocycles. The Morgan fingerprint density at radius 3 is 2.19 bits per heavy atom. The van der Waals surface area contributed by atoms with E-state index in [1.807, 2.05) is 56.7 Å². The molecule has 6 nitrogen and oxygen atoms in total. The van der Waals surface area contributed by atoms with Crippen LogP contribution >= 0.6 is 0 Å². The average molecular weight is 385 g/mol. The van der Waals surface area contributed by atoms with Crippen LogP contribution in [0.4, 0.5) is 0 Å². The Bertz CT molecular complexity index is 1060. The first-order valence-corrected chi connectivity index (χ1v) is 10.1. The van der Waals surface area contributed by atoms with Gasteiger partial charge >= 0.3 is 0 Å². The number of benzene rings is 2. The molecule has 0 saturated carbocycles. The normalized spacial score (nSPS) is 12.5. The number of nitrogens with zero attached hydrogens (tertiary/aromatic N) is 4. The van der Waals surface area contributed by atoms with E-state index in [4.69, 9.17) is 0 Å². The molecule has 1 heterocycles. The first kappa shape index (κ1) is 19.3. The summed E-state index contributed by atoms with van der Waals surface area (Å²) >= 11 is 0. The summed E-state index contributed by atoms with van der Waals surface area (Å²) in [6.07, 6.45) is 0. The van der Waals surface area contributed by atoms with Gasteiger partial charge in [0.15, 0.2) is 11.6 Å². The number of aromatic nitrogens is 3. The maximum absolute atomic E-state index is 13.1. The van der Waals surface area contributed by atoms with Crippen LogP contribution in [0, 0.1) is 6.92 Å². The molecule has 3 aromatic rings. The highest BCUT2D eigenvalue weighted by molar-refractivity contribution is 7.89. The Morgan fingerprint density at radius 2 is 1.56 bits per heavy atom. The topological polar surface area (TPSA) is 68.1 Å². The van der Waals surface area contributed by atoms with Crippen molar-refractivity contribution in [1.82, 2.24) is 19.1 Å². The second-order valence-corrected chi connectivity index (χ2v) is 9.04. The molecule has 0 aliphatic rings. The number of hydrogen-bond acceptors (Lipinski definition) is 4. The molecule has 0 radical (unpaired) electrons. The SMILES string of the molecule is Cc1ccccc1-c1nnc(C(C)(C)N(C)S(=O)(=O)c2ccccc2)n1C. The largest absolute Gasteiger partial charge is 0.313 e. The van der Waals surface area contributed by atoms with E-state index >= 15 is 0 Å². The fraction of sp³-hybridized carbons (Fsp3) is 0.300. The first-order valence-electron chi connectivity index (χ1n) is 8.67. The van der Waals surface area contributed by atoms with Gasteiger partial charge in [-0.15, -0.1) is 10.2 Å². The molecule has 0 N–H and O–H groups in total. The van der Waals surface area contributed by atoms with Gasteiger partial charge in [0.1, 0.15) is 0 Å². The van der Waals surface area contributed by atoms with Gasteiger partial charge in [0, 0.05) is 19.7 Å². The molecule has 0 saturated heterocycles. The zero-order valence-electron chi connectivity index (χ0n) is 16.2. The number of sulfonamides is 1. The predicted octanol–water partition coefficient (Wildman–Crippen LogP) is 3.35. The van der Waals surface area contributed by atoms with Crippen molar-refractivity contribution in [3.8, 4) is 11.4 Å². The molecule has 0 spiro atoms. The van der Waals surface area contributed by atoms with Crippen LogP contribution in [-0.4, -0.2) is 34.5 Å². The Kier molecular flexibility index (Phi) is 4.92. The quantitative estimate of drug-likeness (QED) is 0.676. The van der Waals surface area contributed by atoms with Crippen LogP contribution in [0.1, 0.15) is 25.2 Å². The highest BCUT2D eigenvalue weighted by Gasteiger charge is 2.39. The lowest BCUT2D eigenvalue weighted by Gasteiger charge is -2.33. The summed E-state index contributed by atoms with van der Waals surface area (Å²) in [5.41, 5.74) is 1.17. The molecule has 0 bridgehead atoms. The summed E-state index contributed by atoms with van der Waals surface area (Å²) < 4.78 is 29.3. The van der Waals surface area contributed by atoms with Gasteiger partial charge < -0.3 is 4.57 Å². The van der Waals surface area contributed by atoms with E-state index in [9.17, 15) is 8.42 Å².